The summed E-state index contributed by atoms with van der Waals surface area (Å²) in [5.41, 5.74) is 14.5. The number of aryl methyl sites for hydroxylation is 4. The van der Waals surface area contributed by atoms with Gasteiger partial charge in [0, 0.05) is 0 Å². The Morgan fingerprint density at radius 1 is 0.386 bits per heavy atom. The van der Waals surface area contributed by atoms with E-state index >= 15 is 0 Å². The van der Waals surface area contributed by atoms with E-state index in [1.165, 1.54) is 93.5 Å². The fourth-order valence-electron chi connectivity index (χ4n) is 6.79. The van der Waals surface area contributed by atoms with Gasteiger partial charge in [-0.25, -0.2) is 0 Å². The highest BCUT2D eigenvalue weighted by molar-refractivity contribution is 6.23. The Morgan fingerprint density at radius 2 is 0.818 bits per heavy atom. The first-order chi connectivity index (χ1) is 21.1. The van der Waals surface area contributed by atoms with Gasteiger partial charge in [0.1, 0.15) is 0 Å². The molecule has 0 amide bonds. The third-order valence-electron chi connectivity index (χ3n) is 9.62. The summed E-state index contributed by atoms with van der Waals surface area (Å²) in [6, 6.07) is 43.5. The Labute approximate surface area is 262 Å². The minimum Gasteiger partial charge on any atom is -0.0622 e. The second kappa shape index (κ2) is 10.5. The average Bonchev–Trinajstić information content (AvgIpc) is 3.01. The molecule has 7 aromatic carbocycles. The molecule has 0 atom stereocenters. The summed E-state index contributed by atoms with van der Waals surface area (Å²) < 4.78 is 0. The van der Waals surface area contributed by atoms with Crippen LogP contribution in [0.15, 0.2) is 115 Å². The maximum absolute atomic E-state index is 2.44. The zero-order valence-corrected chi connectivity index (χ0v) is 27.0. The molecule has 216 valence electrons. The van der Waals surface area contributed by atoms with Gasteiger partial charge in [-0.2, -0.15) is 0 Å². The summed E-state index contributed by atoms with van der Waals surface area (Å²) in [6.07, 6.45) is 0. The van der Waals surface area contributed by atoms with Crippen LogP contribution in [0.1, 0.15) is 48.6 Å². The average molecular weight is 569 g/mol. The number of benzene rings is 7. The minimum atomic E-state index is 0.109. The van der Waals surface area contributed by atoms with E-state index in [0.717, 1.165) is 0 Å². The van der Waals surface area contributed by atoms with Crippen LogP contribution in [0.25, 0.3) is 65.7 Å². The van der Waals surface area contributed by atoms with Crippen molar-refractivity contribution >= 4 is 32.3 Å². The summed E-state index contributed by atoms with van der Waals surface area (Å²) >= 11 is 0. The van der Waals surface area contributed by atoms with Crippen LogP contribution in [-0.4, -0.2) is 0 Å². The lowest BCUT2D eigenvalue weighted by atomic mass is 9.80. The number of hydrogen-bond donors (Lipinski definition) is 0. The third kappa shape index (κ3) is 4.70. The predicted molar refractivity (Wildman–Crippen MR) is 193 cm³/mol. The van der Waals surface area contributed by atoms with Crippen LogP contribution in [0, 0.1) is 27.7 Å². The van der Waals surface area contributed by atoms with Crippen LogP contribution in [0.4, 0.5) is 0 Å². The first kappa shape index (κ1) is 28.1. The summed E-state index contributed by atoms with van der Waals surface area (Å²) in [5, 5.41) is 7.78. The molecule has 0 heterocycles. The molecule has 0 unspecified atom stereocenters. The normalized spacial score (nSPS) is 12.0. The monoisotopic (exact) mass is 568 g/mol. The highest BCUT2D eigenvalue weighted by atomic mass is 14.3. The lowest BCUT2D eigenvalue weighted by Gasteiger charge is -2.23. The molecule has 0 N–H and O–H groups in total. The smallest absolute Gasteiger partial charge is 0.00197 e. The van der Waals surface area contributed by atoms with Crippen molar-refractivity contribution < 1.29 is 0 Å². The van der Waals surface area contributed by atoms with E-state index in [0.29, 0.717) is 0 Å². The summed E-state index contributed by atoms with van der Waals surface area (Å²) in [4.78, 5) is 0. The van der Waals surface area contributed by atoms with Crippen molar-refractivity contribution in [2.75, 3.05) is 0 Å². The molecule has 0 spiro atoms. The molecule has 0 bridgehead atoms. The van der Waals surface area contributed by atoms with Crippen molar-refractivity contribution in [3.05, 3.63) is 143 Å². The third-order valence-corrected chi connectivity index (χ3v) is 9.62. The Morgan fingerprint density at radius 3 is 1.30 bits per heavy atom. The van der Waals surface area contributed by atoms with Gasteiger partial charge in [-0.15, -0.1) is 0 Å². The first-order valence-corrected chi connectivity index (χ1v) is 15.8. The second-order valence-corrected chi connectivity index (χ2v) is 13.7. The highest BCUT2D eigenvalue weighted by Gasteiger charge is 2.22. The zero-order chi connectivity index (χ0) is 30.7. The van der Waals surface area contributed by atoms with Gasteiger partial charge < -0.3 is 0 Å². The summed E-state index contributed by atoms with van der Waals surface area (Å²) in [5.74, 6) is 0. The van der Waals surface area contributed by atoms with Gasteiger partial charge >= 0.3 is 0 Å². The Balaban J connectivity index is 1.68. The van der Waals surface area contributed by atoms with E-state index in [9.17, 15) is 0 Å². The predicted octanol–water partition coefficient (Wildman–Crippen LogP) is 12.7. The lowest BCUT2D eigenvalue weighted by molar-refractivity contribution is 0.590. The molecule has 0 nitrogen and oxygen atoms in total. The van der Waals surface area contributed by atoms with E-state index in [1.54, 1.807) is 0 Å². The van der Waals surface area contributed by atoms with E-state index in [2.05, 4.69) is 164 Å². The van der Waals surface area contributed by atoms with Crippen LogP contribution in [-0.2, 0) is 5.41 Å². The van der Waals surface area contributed by atoms with Gasteiger partial charge in [-0.1, -0.05) is 124 Å². The van der Waals surface area contributed by atoms with Gasteiger partial charge in [0.15, 0.2) is 0 Å². The number of rotatable bonds is 3. The maximum Gasteiger partial charge on any atom is -0.00197 e. The van der Waals surface area contributed by atoms with Crippen molar-refractivity contribution in [1.29, 1.82) is 0 Å². The molecule has 0 aromatic heterocycles. The van der Waals surface area contributed by atoms with Crippen LogP contribution in [0.2, 0.25) is 0 Å². The SMILES string of the molecule is Cc1cc2c(-c3ccc(C(C)(C)C)cc3)c3cc(C)c(C)cc3c(-c3cc4ccccc4cc3-c3ccccc3)c2cc1C. The van der Waals surface area contributed by atoms with Crippen LogP contribution in [0.5, 0.6) is 0 Å². The van der Waals surface area contributed by atoms with Crippen LogP contribution < -0.4 is 0 Å². The van der Waals surface area contributed by atoms with Gasteiger partial charge in [-0.05, 0) is 139 Å². The first-order valence-electron chi connectivity index (χ1n) is 15.8. The van der Waals surface area contributed by atoms with Gasteiger partial charge in [0.2, 0.25) is 0 Å². The van der Waals surface area contributed by atoms with Crippen molar-refractivity contribution in [2.45, 2.75) is 53.9 Å². The largest absolute Gasteiger partial charge is 0.0622 e. The fraction of sp³-hybridized carbons (Fsp3) is 0.182. The number of hydrogen-bond acceptors (Lipinski definition) is 0. The standard InChI is InChI=1S/C44H40/c1-27-21-37-39(23-29(27)3)43(41-26-34-16-12-11-15-33(34)25-36(41)31-13-9-8-10-14-31)40-24-30(4)28(2)22-38(40)42(37)32-17-19-35(20-18-32)44(5,6)7/h8-26H,1-7H3. The van der Waals surface area contributed by atoms with Crippen LogP contribution >= 0.6 is 0 Å². The summed E-state index contributed by atoms with van der Waals surface area (Å²) in [6.45, 7) is 15.8. The Hall–Kier alpha value is -4.68. The molecule has 0 radical (unpaired) electrons. The van der Waals surface area contributed by atoms with E-state index in [4.69, 9.17) is 0 Å². The van der Waals surface area contributed by atoms with Crippen molar-refractivity contribution in [3.8, 4) is 33.4 Å². The van der Waals surface area contributed by atoms with Gasteiger partial charge in [0.05, 0.1) is 0 Å². The molecule has 44 heavy (non-hydrogen) atoms. The molecule has 0 saturated carbocycles. The van der Waals surface area contributed by atoms with Crippen molar-refractivity contribution in [1.82, 2.24) is 0 Å². The Kier molecular flexibility index (Phi) is 6.70. The molecule has 0 heteroatoms. The molecule has 0 saturated heterocycles. The molecule has 0 aliphatic heterocycles. The zero-order valence-electron chi connectivity index (χ0n) is 27.0. The minimum absolute atomic E-state index is 0.109. The van der Waals surface area contributed by atoms with E-state index in [1.807, 2.05) is 0 Å². The molecule has 7 aromatic rings. The highest BCUT2D eigenvalue weighted by Crippen LogP contribution is 2.48. The second-order valence-electron chi connectivity index (χ2n) is 13.7. The topological polar surface area (TPSA) is 0 Å². The van der Waals surface area contributed by atoms with Gasteiger partial charge in [0.25, 0.3) is 0 Å². The Bertz CT molecular complexity index is 2140. The molecular formula is C44H40. The molecule has 0 aliphatic carbocycles. The van der Waals surface area contributed by atoms with Crippen molar-refractivity contribution in [2.24, 2.45) is 0 Å². The quantitative estimate of drug-likeness (QED) is 0.186. The van der Waals surface area contributed by atoms with E-state index in [-0.39, 0.29) is 5.41 Å². The summed E-state index contributed by atoms with van der Waals surface area (Å²) in [7, 11) is 0. The van der Waals surface area contributed by atoms with Crippen LogP contribution in [0.3, 0.4) is 0 Å². The molecule has 0 fully saturated rings. The van der Waals surface area contributed by atoms with Gasteiger partial charge in [-0.3, -0.25) is 0 Å². The maximum atomic E-state index is 2.44. The lowest BCUT2D eigenvalue weighted by Crippen LogP contribution is -2.10. The molecule has 0 aliphatic rings. The molecular weight excluding hydrogens is 528 g/mol. The van der Waals surface area contributed by atoms with E-state index < -0.39 is 0 Å². The molecule has 7 rings (SSSR count). The number of fused-ring (bicyclic) bond motifs is 3. The van der Waals surface area contributed by atoms with Crippen molar-refractivity contribution in [3.63, 3.8) is 0 Å². The fourth-order valence-corrected chi connectivity index (χ4v) is 6.79.